The van der Waals surface area contributed by atoms with Gasteiger partial charge in [0, 0.05) is 55.6 Å². The van der Waals surface area contributed by atoms with Gasteiger partial charge in [0.1, 0.15) is 5.82 Å². The topological polar surface area (TPSA) is 82.2 Å². The minimum atomic E-state index is -0.691. The van der Waals surface area contributed by atoms with Gasteiger partial charge in [0.15, 0.2) is 0 Å². The van der Waals surface area contributed by atoms with Crippen molar-refractivity contribution in [1.29, 1.82) is 0 Å². The van der Waals surface area contributed by atoms with Gasteiger partial charge < -0.3 is 15.0 Å². The molecule has 2 atom stereocenters. The van der Waals surface area contributed by atoms with Gasteiger partial charge in [0.05, 0.1) is 18.2 Å². The number of esters is 1. The zero-order chi connectivity index (χ0) is 26.7. The van der Waals surface area contributed by atoms with Crippen LogP contribution in [0.4, 0.5) is 9.18 Å². The van der Waals surface area contributed by atoms with E-state index in [2.05, 4.69) is 10.2 Å². The van der Waals surface area contributed by atoms with E-state index in [1.165, 1.54) is 23.1 Å². The second-order valence-corrected chi connectivity index (χ2v) is 9.60. The fourth-order valence-electron chi connectivity index (χ4n) is 4.78. The van der Waals surface area contributed by atoms with E-state index in [9.17, 15) is 18.8 Å². The van der Waals surface area contributed by atoms with Crippen molar-refractivity contribution in [3.63, 3.8) is 0 Å². The number of amides is 3. The summed E-state index contributed by atoms with van der Waals surface area (Å²) in [6.07, 6.45) is 0. The van der Waals surface area contributed by atoms with Crippen LogP contribution in [0.1, 0.15) is 35.8 Å². The number of piperazine rings is 1. The molecular formula is C27H30ClFN4O4. The van der Waals surface area contributed by atoms with E-state index in [4.69, 9.17) is 16.3 Å². The molecule has 10 heteroatoms. The predicted octanol–water partition coefficient (Wildman–Crippen LogP) is 3.84. The van der Waals surface area contributed by atoms with E-state index < -0.39 is 17.8 Å². The minimum absolute atomic E-state index is 0.161. The largest absolute Gasteiger partial charge is 0.463 e. The molecule has 0 unspecified atom stereocenters. The third kappa shape index (κ3) is 5.78. The zero-order valence-electron chi connectivity index (χ0n) is 21.0. The standard InChI is InChI=1S/C27H30ClFN4O4/c1-4-37-26(35)23-22(31(3)27(36)30-24(23)18-8-10-20(28)11-9-18)16-32-12-13-33(17(2)15-32)25(34)19-6-5-7-21(29)14-19/h5-11,14,17,24H,4,12-13,15-16H2,1-3H3,(H,30,36)/t17-,24+/m0/s1. The zero-order valence-corrected chi connectivity index (χ0v) is 21.8. The number of ether oxygens (including phenoxy) is 1. The maximum atomic E-state index is 13.6. The molecule has 2 aromatic rings. The van der Waals surface area contributed by atoms with E-state index in [0.29, 0.717) is 53.6 Å². The van der Waals surface area contributed by atoms with Crippen molar-refractivity contribution in [2.75, 3.05) is 39.8 Å². The summed E-state index contributed by atoms with van der Waals surface area (Å²) in [5.41, 5.74) is 1.92. The average Bonchev–Trinajstić information content (AvgIpc) is 2.87. The molecule has 8 nitrogen and oxygen atoms in total. The summed E-state index contributed by atoms with van der Waals surface area (Å²) in [6, 6.07) is 11.4. The average molecular weight is 529 g/mol. The highest BCUT2D eigenvalue weighted by Crippen LogP contribution is 2.32. The Balaban J connectivity index is 1.59. The number of halogens is 2. The maximum Gasteiger partial charge on any atom is 0.338 e. The predicted molar refractivity (Wildman–Crippen MR) is 137 cm³/mol. The summed E-state index contributed by atoms with van der Waals surface area (Å²) < 4.78 is 19.0. The minimum Gasteiger partial charge on any atom is -0.463 e. The lowest BCUT2D eigenvalue weighted by Crippen LogP contribution is -2.56. The van der Waals surface area contributed by atoms with Gasteiger partial charge in [0.25, 0.3) is 5.91 Å². The summed E-state index contributed by atoms with van der Waals surface area (Å²) in [7, 11) is 1.62. The van der Waals surface area contributed by atoms with Crippen molar-refractivity contribution in [2.24, 2.45) is 0 Å². The van der Waals surface area contributed by atoms with Gasteiger partial charge in [0.2, 0.25) is 0 Å². The van der Waals surface area contributed by atoms with Crippen LogP contribution in [0.15, 0.2) is 59.8 Å². The highest BCUT2D eigenvalue weighted by Gasteiger charge is 2.38. The number of benzene rings is 2. The first-order valence-corrected chi connectivity index (χ1v) is 12.6. The number of hydrogen-bond donors (Lipinski definition) is 1. The Morgan fingerprint density at radius 1 is 1.16 bits per heavy atom. The normalized spacial score (nSPS) is 20.6. The summed E-state index contributed by atoms with van der Waals surface area (Å²) in [5.74, 6) is -1.18. The lowest BCUT2D eigenvalue weighted by Gasteiger charge is -2.42. The second-order valence-electron chi connectivity index (χ2n) is 9.17. The van der Waals surface area contributed by atoms with Crippen LogP contribution in [0.3, 0.4) is 0 Å². The molecule has 2 aliphatic rings. The second kappa shape index (κ2) is 11.3. The van der Waals surface area contributed by atoms with E-state index in [1.807, 2.05) is 6.92 Å². The Hall–Kier alpha value is -3.43. The molecule has 0 radical (unpaired) electrons. The van der Waals surface area contributed by atoms with Crippen molar-refractivity contribution in [3.8, 4) is 0 Å². The smallest absolute Gasteiger partial charge is 0.338 e. The van der Waals surface area contributed by atoms with Crippen molar-refractivity contribution < 1.29 is 23.5 Å². The molecule has 4 rings (SSSR count). The van der Waals surface area contributed by atoms with Crippen LogP contribution in [0, 0.1) is 5.82 Å². The molecule has 0 bridgehead atoms. The van der Waals surface area contributed by atoms with Gasteiger partial charge in [-0.15, -0.1) is 0 Å². The molecule has 3 amide bonds. The van der Waals surface area contributed by atoms with Crippen LogP contribution >= 0.6 is 11.6 Å². The molecular weight excluding hydrogens is 499 g/mol. The quantitative estimate of drug-likeness (QED) is 0.576. The van der Waals surface area contributed by atoms with Crippen molar-refractivity contribution in [1.82, 2.24) is 20.0 Å². The number of carbonyl (C=O) groups is 3. The number of urea groups is 1. The highest BCUT2D eigenvalue weighted by atomic mass is 35.5. The third-order valence-corrected chi connectivity index (χ3v) is 6.94. The highest BCUT2D eigenvalue weighted by molar-refractivity contribution is 6.30. The SMILES string of the molecule is CCOC(=O)C1=C(CN2CCN(C(=O)c3cccc(F)c3)[C@@H](C)C2)N(C)C(=O)N[C@@H]1c1ccc(Cl)cc1. The summed E-state index contributed by atoms with van der Waals surface area (Å²) >= 11 is 6.05. The van der Waals surface area contributed by atoms with Gasteiger partial charge in [-0.25, -0.2) is 14.0 Å². The summed E-state index contributed by atoms with van der Waals surface area (Å²) in [5, 5.41) is 3.44. The molecule has 0 aromatic heterocycles. The monoisotopic (exact) mass is 528 g/mol. The molecule has 1 N–H and O–H groups in total. The lowest BCUT2D eigenvalue weighted by molar-refractivity contribution is -0.139. The summed E-state index contributed by atoms with van der Waals surface area (Å²) in [6.45, 7) is 5.63. The molecule has 196 valence electrons. The molecule has 0 aliphatic carbocycles. The number of likely N-dealkylation sites (N-methyl/N-ethyl adjacent to an activating group) is 1. The van der Waals surface area contributed by atoms with Gasteiger partial charge in [-0.2, -0.15) is 0 Å². The fourth-order valence-corrected chi connectivity index (χ4v) is 4.91. The van der Waals surface area contributed by atoms with Crippen molar-refractivity contribution in [2.45, 2.75) is 25.9 Å². The van der Waals surface area contributed by atoms with Crippen LogP contribution in [0.2, 0.25) is 5.02 Å². The van der Waals surface area contributed by atoms with Gasteiger partial charge in [-0.05, 0) is 49.7 Å². The first-order valence-electron chi connectivity index (χ1n) is 12.2. The van der Waals surface area contributed by atoms with E-state index in [-0.39, 0.29) is 24.6 Å². The number of nitrogens with one attached hydrogen (secondary N) is 1. The number of nitrogens with zero attached hydrogens (tertiary/aromatic N) is 3. The van der Waals surface area contributed by atoms with Crippen LogP contribution in [0.5, 0.6) is 0 Å². The number of hydrogen-bond acceptors (Lipinski definition) is 5. The first kappa shape index (κ1) is 26.6. The molecule has 37 heavy (non-hydrogen) atoms. The molecule has 1 fully saturated rings. The Morgan fingerprint density at radius 2 is 1.89 bits per heavy atom. The number of rotatable bonds is 6. The lowest BCUT2D eigenvalue weighted by atomic mass is 9.94. The van der Waals surface area contributed by atoms with Crippen LogP contribution < -0.4 is 5.32 Å². The maximum absolute atomic E-state index is 13.6. The van der Waals surface area contributed by atoms with Crippen LogP contribution in [-0.2, 0) is 9.53 Å². The molecule has 0 spiro atoms. The molecule has 0 saturated carbocycles. The Kier molecular flexibility index (Phi) is 8.14. The van der Waals surface area contributed by atoms with Gasteiger partial charge in [-0.3, -0.25) is 14.6 Å². The van der Waals surface area contributed by atoms with E-state index >= 15 is 0 Å². The van der Waals surface area contributed by atoms with Gasteiger partial charge >= 0.3 is 12.0 Å². The number of carbonyl (C=O) groups excluding carboxylic acids is 3. The molecule has 2 heterocycles. The summed E-state index contributed by atoms with van der Waals surface area (Å²) in [4.78, 5) is 44.3. The van der Waals surface area contributed by atoms with E-state index in [1.54, 1.807) is 49.2 Å². The first-order chi connectivity index (χ1) is 17.7. The van der Waals surface area contributed by atoms with Crippen LogP contribution in [0.25, 0.3) is 0 Å². The Bertz CT molecular complexity index is 1220. The fraction of sp³-hybridized carbons (Fsp3) is 0.370. The van der Waals surface area contributed by atoms with Crippen molar-refractivity contribution in [3.05, 3.63) is 81.8 Å². The molecule has 1 saturated heterocycles. The molecule has 2 aliphatic heterocycles. The third-order valence-electron chi connectivity index (χ3n) is 6.69. The van der Waals surface area contributed by atoms with Crippen molar-refractivity contribution >= 4 is 29.5 Å². The van der Waals surface area contributed by atoms with E-state index in [0.717, 1.165) is 0 Å². The Morgan fingerprint density at radius 3 is 2.54 bits per heavy atom. The Labute approximate surface area is 220 Å². The van der Waals surface area contributed by atoms with Crippen LogP contribution in [-0.4, -0.2) is 78.5 Å². The molecule has 2 aromatic carbocycles. The van der Waals surface area contributed by atoms with Gasteiger partial charge in [-0.1, -0.05) is 29.8 Å².